The summed E-state index contributed by atoms with van der Waals surface area (Å²) in [6.07, 6.45) is 0. The van der Waals surface area contributed by atoms with Gasteiger partial charge in [0, 0.05) is 30.9 Å². The summed E-state index contributed by atoms with van der Waals surface area (Å²) < 4.78 is 15.8. The highest BCUT2D eigenvalue weighted by Crippen LogP contribution is 2.39. The van der Waals surface area contributed by atoms with E-state index in [2.05, 4.69) is 10.6 Å². The zero-order valence-corrected chi connectivity index (χ0v) is 10.8. The molecule has 0 radical (unpaired) electrons. The molecule has 0 aliphatic carbocycles. The summed E-state index contributed by atoms with van der Waals surface area (Å²) in [6, 6.07) is 3.77. The van der Waals surface area contributed by atoms with Crippen molar-refractivity contribution in [2.24, 2.45) is 0 Å². The van der Waals surface area contributed by atoms with Gasteiger partial charge in [0.25, 0.3) is 0 Å². The van der Waals surface area contributed by atoms with E-state index in [1.165, 1.54) is 0 Å². The third kappa shape index (κ3) is 3.42. The predicted molar refractivity (Wildman–Crippen MR) is 68.5 cm³/mol. The number of hydrogen-bond acceptors (Lipinski definition) is 5. The fraction of sp³-hybridized carbons (Fsp3) is 0.500. The van der Waals surface area contributed by atoms with Crippen LogP contribution in [0.25, 0.3) is 0 Å². The Kier molecular flexibility index (Phi) is 5.42. The number of benzene rings is 1. The molecular weight excluding hydrogens is 220 g/mol. The Labute approximate surface area is 102 Å². The lowest BCUT2D eigenvalue weighted by Gasteiger charge is -2.15. The number of likely N-dealkylation sites (N-methyl/N-ethyl adjacent to an activating group) is 1. The third-order valence-corrected chi connectivity index (χ3v) is 2.37. The molecule has 1 rings (SSSR count). The summed E-state index contributed by atoms with van der Waals surface area (Å²) in [6.45, 7) is 1.71. The molecule has 0 unspecified atom stereocenters. The van der Waals surface area contributed by atoms with Gasteiger partial charge in [0.05, 0.1) is 21.3 Å². The molecule has 0 fully saturated rings. The topological polar surface area (TPSA) is 51.8 Å². The molecule has 0 aliphatic rings. The fourth-order valence-electron chi connectivity index (χ4n) is 1.51. The minimum atomic E-state index is 0.606. The summed E-state index contributed by atoms with van der Waals surface area (Å²) in [5.41, 5.74) is 0.940. The summed E-state index contributed by atoms with van der Waals surface area (Å²) in [5.74, 6) is 1.91. The molecule has 0 aliphatic heterocycles. The Morgan fingerprint density at radius 2 is 1.53 bits per heavy atom. The number of ether oxygens (including phenoxy) is 3. The van der Waals surface area contributed by atoms with Gasteiger partial charge >= 0.3 is 0 Å². The molecule has 17 heavy (non-hydrogen) atoms. The SMILES string of the molecule is CNCCNc1cc(OC)c(OC)c(OC)c1. The van der Waals surface area contributed by atoms with Gasteiger partial charge in [0.15, 0.2) is 11.5 Å². The molecule has 1 aromatic carbocycles. The first-order valence-corrected chi connectivity index (χ1v) is 5.45. The van der Waals surface area contributed by atoms with Gasteiger partial charge in [-0.3, -0.25) is 0 Å². The van der Waals surface area contributed by atoms with E-state index in [9.17, 15) is 0 Å². The average Bonchev–Trinajstić information content (AvgIpc) is 2.37. The minimum absolute atomic E-state index is 0.606. The zero-order chi connectivity index (χ0) is 12.7. The Balaban J connectivity index is 2.92. The van der Waals surface area contributed by atoms with Gasteiger partial charge in [-0.2, -0.15) is 0 Å². The van der Waals surface area contributed by atoms with Gasteiger partial charge in [-0.1, -0.05) is 0 Å². The number of nitrogens with one attached hydrogen (secondary N) is 2. The summed E-state index contributed by atoms with van der Waals surface area (Å²) >= 11 is 0. The van der Waals surface area contributed by atoms with E-state index in [1.54, 1.807) is 21.3 Å². The molecule has 0 bridgehead atoms. The highest BCUT2D eigenvalue weighted by molar-refractivity contribution is 5.62. The number of anilines is 1. The Morgan fingerprint density at radius 1 is 0.941 bits per heavy atom. The number of rotatable bonds is 7. The molecule has 0 heterocycles. The molecular formula is C12H20N2O3. The second kappa shape index (κ2) is 6.85. The van der Waals surface area contributed by atoms with Crippen LogP contribution >= 0.6 is 0 Å². The van der Waals surface area contributed by atoms with E-state index in [1.807, 2.05) is 19.2 Å². The number of methoxy groups -OCH3 is 3. The lowest BCUT2D eigenvalue weighted by molar-refractivity contribution is 0.324. The van der Waals surface area contributed by atoms with Crippen LogP contribution in [0, 0.1) is 0 Å². The molecule has 5 heteroatoms. The van der Waals surface area contributed by atoms with Crippen molar-refractivity contribution in [1.29, 1.82) is 0 Å². The van der Waals surface area contributed by atoms with Crippen molar-refractivity contribution in [3.8, 4) is 17.2 Å². The first-order valence-electron chi connectivity index (χ1n) is 5.45. The Morgan fingerprint density at radius 3 is 1.94 bits per heavy atom. The van der Waals surface area contributed by atoms with E-state index >= 15 is 0 Å². The van der Waals surface area contributed by atoms with E-state index in [0.717, 1.165) is 18.8 Å². The van der Waals surface area contributed by atoms with Crippen molar-refractivity contribution in [3.63, 3.8) is 0 Å². The second-order valence-electron chi connectivity index (χ2n) is 3.44. The summed E-state index contributed by atoms with van der Waals surface area (Å²) in [7, 11) is 6.72. The van der Waals surface area contributed by atoms with Crippen LogP contribution in [-0.2, 0) is 0 Å². The molecule has 5 nitrogen and oxygen atoms in total. The van der Waals surface area contributed by atoms with E-state index in [-0.39, 0.29) is 0 Å². The molecule has 0 spiro atoms. The summed E-state index contributed by atoms with van der Waals surface area (Å²) in [4.78, 5) is 0. The highest BCUT2D eigenvalue weighted by Gasteiger charge is 2.12. The lowest BCUT2D eigenvalue weighted by atomic mass is 10.2. The predicted octanol–water partition coefficient (Wildman–Crippen LogP) is 1.34. The van der Waals surface area contributed by atoms with Crippen LogP contribution in [-0.4, -0.2) is 41.5 Å². The van der Waals surface area contributed by atoms with Crippen LogP contribution in [0.4, 0.5) is 5.69 Å². The van der Waals surface area contributed by atoms with Crippen LogP contribution in [0.1, 0.15) is 0 Å². The first kappa shape index (κ1) is 13.4. The van der Waals surface area contributed by atoms with Crippen molar-refractivity contribution >= 4 is 5.69 Å². The van der Waals surface area contributed by atoms with Crippen molar-refractivity contribution in [2.45, 2.75) is 0 Å². The molecule has 0 amide bonds. The second-order valence-corrected chi connectivity index (χ2v) is 3.44. The van der Waals surface area contributed by atoms with Gasteiger partial charge in [0.2, 0.25) is 5.75 Å². The maximum absolute atomic E-state index is 5.27. The maximum atomic E-state index is 5.27. The zero-order valence-electron chi connectivity index (χ0n) is 10.8. The monoisotopic (exact) mass is 240 g/mol. The van der Waals surface area contributed by atoms with Gasteiger partial charge < -0.3 is 24.8 Å². The van der Waals surface area contributed by atoms with Crippen molar-refractivity contribution in [3.05, 3.63) is 12.1 Å². The minimum Gasteiger partial charge on any atom is -0.493 e. The van der Waals surface area contributed by atoms with E-state index < -0.39 is 0 Å². The van der Waals surface area contributed by atoms with Crippen LogP contribution < -0.4 is 24.8 Å². The van der Waals surface area contributed by atoms with Crippen LogP contribution in [0.15, 0.2) is 12.1 Å². The smallest absolute Gasteiger partial charge is 0.203 e. The largest absolute Gasteiger partial charge is 0.493 e. The molecule has 1 aromatic rings. The molecule has 2 N–H and O–H groups in total. The normalized spacial score (nSPS) is 9.88. The van der Waals surface area contributed by atoms with Crippen LogP contribution in [0.2, 0.25) is 0 Å². The third-order valence-electron chi connectivity index (χ3n) is 2.37. The quantitative estimate of drug-likeness (QED) is 0.704. The van der Waals surface area contributed by atoms with Gasteiger partial charge in [-0.25, -0.2) is 0 Å². The van der Waals surface area contributed by atoms with E-state index in [0.29, 0.717) is 17.2 Å². The lowest BCUT2D eigenvalue weighted by Crippen LogP contribution is -2.17. The summed E-state index contributed by atoms with van der Waals surface area (Å²) in [5, 5.41) is 6.34. The van der Waals surface area contributed by atoms with Crippen molar-refractivity contribution < 1.29 is 14.2 Å². The van der Waals surface area contributed by atoms with Crippen molar-refractivity contribution in [1.82, 2.24) is 5.32 Å². The molecule has 0 atom stereocenters. The average molecular weight is 240 g/mol. The fourth-order valence-corrected chi connectivity index (χ4v) is 1.51. The van der Waals surface area contributed by atoms with Gasteiger partial charge in [0.1, 0.15) is 0 Å². The van der Waals surface area contributed by atoms with Gasteiger partial charge in [-0.15, -0.1) is 0 Å². The molecule has 0 saturated heterocycles. The standard InChI is InChI=1S/C12H20N2O3/c1-13-5-6-14-9-7-10(15-2)12(17-4)11(8-9)16-3/h7-8,13-14H,5-6H2,1-4H3. The van der Waals surface area contributed by atoms with E-state index in [4.69, 9.17) is 14.2 Å². The molecule has 96 valence electrons. The Bertz CT molecular complexity index is 331. The highest BCUT2D eigenvalue weighted by atomic mass is 16.5. The van der Waals surface area contributed by atoms with Gasteiger partial charge in [-0.05, 0) is 7.05 Å². The molecule has 0 saturated carbocycles. The first-order chi connectivity index (χ1) is 8.26. The van der Waals surface area contributed by atoms with Crippen LogP contribution in [0.5, 0.6) is 17.2 Å². The number of hydrogen-bond donors (Lipinski definition) is 2. The molecule has 0 aromatic heterocycles. The van der Waals surface area contributed by atoms with Crippen LogP contribution in [0.3, 0.4) is 0 Å². The maximum Gasteiger partial charge on any atom is 0.203 e. The van der Waals surface area contributed by atoms with Crippen molar-refractivity contribution in [2.75, 3.05) is 46.8 Å². The Hall–Kier alpha value is -1.62.